The van der Waals surface area contributed by atoms with Crippen molar-refractivity contribution in [1.82, 2.24) is 25.4 Å². The molecule has 0 aliphatic heterocycles. The lowest BCUT2D eigenvalue weighted by Gasteiger charge is -2.14. The number of H-pyrrole nitrogens is 1. The van der Waals surface area contributed by atoms with E-state index in [1.165, 1.54) is 12.8 Å². The largest absolute Gasteiger partial charge is 0.383 e. The Bertz CT molecular complexity index is 1190. The van der Waals surface area contributed by atoms with E-state index in [-0.39, 0.29) is 18.0 Å². The monoisotopic (exact) mass is 451 g/mol. The minimum absolute atomic E-state index is 0.164. The number of aryl methyl sites for hydroxylation is 2. The number of aromatic nitrogens is 3. The van der Waals surface area contributed by atoms with Crippen molar-refractivity contribution in [3.8, 4) is 0 Å². The topological polar surface area (TPSA) is 101 Å². The molecule has 0 saturated heterocycles. The van der Waals surface area contributed by atoms with E-state index in [0.29, 0.717) is 30.3 Å². The van der Waals surface area contributed by atoms with Gasteiger partial charge in [-0.05, 0) is 56.0 Å². The first-order chi connectivity index (χ1) is 16.0. The van der Waals surface area contributed by atoms with Crippen LogP contribution in [0.5, 0.6) is 0 Å². The molecule has 0 radical (unpaired) electrons. The molecule has 33 heavy (non-hydrogen) atoms. The van der Waals surface area contributed by atoms with Crippen LogP contribution < -0.4 is 16.2 Å². The van der Waals surface area contributed by atoms with Gasteiger partial charge in [0.05, 0.1) is 29.9 Å². The zero-order valence-corrected chi connectivity index (χ0v) is 19.7. The van der Waals surface area contributed by atoms with E-state index in [4.69, 9.17) is 4.74 Å². The Kier molecular flexibility index (Phi) is 7.25. The summed E-state index contributed by atoms with van der Waals surface area (Å²) in [5, 5.41) is 11.8. The van der Waals surface area contributed by atoms with Crippen LogP contribution in [0.25, 0.3) is 10.9 Å². The summed E-state index contributed by atoms with van der Waals surface area (Å²) in [4.78, 5) is 28.5. The van der Waals surface area contributed by atoms with Crippen LogP contribution in [0.2, 0.25) is 0 Å². The highest BCUT2D eigenvalue weighted by atomic mass is 16.5. The maximum absolute atomic E-state index is 13.3. The number of aromatic amines is 1. The molecule has 0 bridgehead atoms. The molecule has 1 amide bonds. The number of amides is 1. The smallest absolute Gasteiger partial charge is 0.253 e. The van der Waals surface area contributed by atoms with Gasteiger partial charge >= 0.3 is 0 Å². The van der Waals surface area contributed by atoms with Crippen LogP contribution in [0.4, 0.5) is 0 Å². The number of hydrogen-bond acceptors (Lipinski definition) is 5. The van der Waals surface area contributed by atoms with Gasteiger partial charge in [0.15, 0.2) is 0 Å². The highest BCUT2D eigenvalue weighted by Gasteiger charge is 2.22. The summed E-state index contributed by atoms with van der Waals surface area (Å²) in [6.07, 6.45) is 6.45. The lowest BCUT2D eigenvalue weighted by molar-refractivity contribution is 0.0952. The lowest BCUT2D eigenvalue weighted by Crippen LogP contribution is -2.28. The standard InChI is InChI=1S/C25H33N5O3/c1-16-10-17(2)29-25(32)21(16)14-27-24(31)20-11-18(13-26-8-9-33-3)12-23-22(20)15-28-30(23)19-6-4-5-7-19/h10-12,15,19,26H,4-9,13-14H2,1-3H3,(H,27,31)(H,29,32). The molecule has 1 aromatic carbocycles. The summed E-state index contributed by atoms with van der Waals surface area (Å²) in [6, 6.07) is 6.35. The molecule has 8 nitrogen and oxygen atoms in total. The first-order valence-electron chi connectivity index (χ1n) is 11.7. The molecule has 2 aromatic heterocycles. The van der Waals surface area contributed by atoms with Crippen LogP contribution in [0.15, 0.2) is 29.2 Å². The fraction of sp³-hybridized carbons (Fsp3) is 0.480. The van der Waals surface area contributed by atoms with Gasteiger partial charge in [-0.25, -0.2) is 0 Å². The van der Waals surface area contributed by atoms with E-state index < -0.39 is 0 Å². The predicted molar refractivity (Wildman–Crippen MR) is 129 cm³/mol. The summed E-state index contributed by atoms with van der Waals surface area (Å²) in [5.41, 5.74) is 4.68. The van der Waals surface area contributed by atoms with Crippen molar-refractivity contribution < 1.29 is 9.53 Å². The number of fused-ring (bicyclic) bond motifs is 1. The van der Waals surface area contributed by atoms with Crippen molar-refractivity contribution in [3.63, 3.8) is 0 Å². The predicted octanol–water partition coefficient (Wildman–Crippen LogP) is 3.12. The van der Waals surface area contributed by atoms with Crippen molar-refractivity contribution in [3.05, 3.63) is 62.7 Å². The van der Waals surface area contributed by atoms with Gasteiger partial charge in [-0.1, -0.05) is 12.8 Å². The minimum Gasteiger partial charge on any atom is -0.383 e. The molecule has 1 aliphatic rings. The lowest BCUT2D eigenvalue weighted by atomic mass is 10.0. The molecule has 0 atom stereocenters. The van der Waals surface area contributed by atoms with Crippen LogP contribution in [0, 0.1) is 13.8 Å². The number of nitrogens with one attached hydrogen (secondary N) is 3. The fourth-order valence-electron chi connectivity index (χ4n) is 4.71. The maximum atomic E-state index is 13.3. The third-order valence-corrected chi connectivity index (χ3v) is 6.42. The van der Waals surface area contributed by atoms with Crippen molar-refractivity contribution >= 4 is 16.8 Å². The Labute approximate surface area is 193 Å². The number of rotatable bonds is 9. The third-order valence-electron chi connectivity index (χ3n) is 6.42. The first kappa shape index (κ1) is 23.2. The Morgan fingerprint density at radius 1 is 1.21 bits per heavy atom. The van der Waals surface area contributed by atoms with E-state index in [1.807, 2.05) is 26.0 Å². The van der Waals surface area contributed by atoms with Crippen LogP contribution in [0.1, 0.15) is 64.5 Å². The average molecular weight is 452 g/mol. The SMILES string of the molecule is COCCNCc1cc(C(=O)NCc2c(C)cc(C)[nH]c2=O)c2cnn(C3CCCC3)c2c1. The van der Waals surface area contributed by atoms with Gasteiger partial charge in [-0.15, -0.1) is 0 Å². The van der Waals surface area contributed by atoms with Gasteiger partial charge in [0.1, 0.15) is 0 Å². The second kappa shape index (κ2) is 10.3. The number of benzene rings is 1. The zero-order chi connectivity index (χ0) is 23.4. The molecule has 3 N–H and O–H groups in total. The van der Waals surface area contributed by atoms with Crippen LogP contribution >= 0.6 is 0 Å². The highest BCUT2D eigenvalue weighted by molar-refractivity contribution is 6.06. The van der Waals surface area contributed by atoms with Gasteiger partial charge < -0.3 is 20.4 Å². The molecular formula is C25H33N5O3. The number of methoxy groups -OCH3 is 1. The number of nitrogens with zero attached hydrogens (tertiary/aromatic N) is 2. The van der Waals surface area contributed by atoms with Gasteiger partial charge in [0.25, 0.3) is 11.5 Å². The second-order valence-electron chi connectivity index (χ2n) is 8.90. The molecule has 176 valence electrons. The van der Waals surface area contributed by atoms with E-state index in [9.17, 15) is 9.59 Å². The fourth-order valence-corrected chi connectivity index (χ4v) is 4.71. The number of pyridine rings is 1. The van der Waals surface area contributed by atoms with E-state index in [2.05, 4.69) is 31.5 Å². The number of carbonyl (C=O) groups is 1. The summed E-state index contributed by atoms with van der Waals surface area (Å²) >= 11 is 0. The van der Waals surface area contributed by atoms with Crippen LogP contribution in [-0.4, -0.2) is 40.9 Å². The molecule has 2 heterocycles. The zero-order valence-electron chi connectivity index (χ0n) is 19.7. The van der Waals surface area contributed by atoms with Crippen LogP contribution in [-0.2, 0) is 17.8 Å². The molecule has 8 heteroatoms. The Balaban J connectivity index is 1.63. The van der Waals surface area contributed by atoms with Crippen molar-refractivity contribution in [2.24, 2.45) is 0 Å². The molecule has 4 rings (SSSR count). The van der Waals surface area contributed by atoms with E-state index in [1.54, 1.807) is 13.3 Å². The van der Waals surface area contributed by atoms with Gasteiger partial charge in [0, 0.05) is 43.4 Å². The van der Waals surface area contributed by atoms with E-state index >= 15 is 0 Å². The van der Waals surface area contributed by atoms with Gasteiger partial charge in [-0.2, -0.15) is 5.10 Å². The Hall–Kier alpha value is -2.97. The van der Waals surface area contributed by atoms with Gasteiger partial charge in [0.2, 0.25) is 0 Å². The number of ether oxygens (including phenoxy) is 1. The molecule has 0 unspecified atom stereocenters. The third kappa shape index (κ3) is 5.17. The second-order valence-corrected chi connectivity index (χ2v) is 8.90. The Morgan fingerprint density at radius 3 is 2.73 bits per heavy atom. The van der Waals surface area contributed by atoms with Crippen molar-refractivity contribution in [2.45, 2.75) is 58.7 Å². The minimum atomic E-state index is -0.205. The number of carbonyl (C=O) groups excluding carboxylic acids is 1. The summed E-state index contributed by atoms with van der Waals surface area (Å²) in [6.45, 7) is 5.90. The summed E-state index contributed by atoms with van der Waals surface area (Å²) in [7, 11) is 1.68. The molecule has 3 aromatic rings. The average Bonchev–Trinajstić information content (AvgIpc) is 3.45. The summed E-state index contributed by atoms with van der Waals surface area (Å²) < 4.78 is 7.21. The summed E-state index contributed by atoms with van der Waals surface area (Å²) in [5.74, 6) is -0.205. The van der Waals surface area contributed by atoms with Crippen molar-refractivity contribution in [1.29, 1.82) is 0 Å². The van der Waals surface area contributed by atoms with Gasteiger partial charge in [-0.3, -0.25) is 14.3 Å². The number of hydrogen-bond donors (Lipinski definition) is 3. The quantitative estimate of drug-likeness (QED) is 0.434. The first-order valence-corrected chi connectivity index (χ1v) is 11.7. The maximum Gasteiger partial charge on any atom is 0.253 e. The Morgan fingerprint density at radius 2 is 2.00 bits per heavy atom. The van der Waals surface area contributed by atoms with Crippen molar-refractivity contribution in [2.75, 3.05) is 20.3 Å². The molecular weight excluding hydrogens is 418 g/mol. The molecule has 0 spiro atoms. The molecule has 1 saturated carbocycles. The molecule has 1 fully saturated rings. The molecule has 1 aliphatic carbocycles. The highest BCUT2D eigenvalue weighted by Crippen LogP contribution is 2.33. The van der Waals surface area contributed by atoms with Crippen LogP contribution in [0.3, 0.4) is 0 Å². The normalized spacial score (nSPS) is 14.3. The van der Waals surface area contributed by atoms with E-state index in [0.717, 1.165) is 47.1 Å².